The molecule has 0 atom stereocenters. The number of nitrogens with two attached hydrogens (primary N) is 1. The van der Waals surface area contributed by atoms with E-state index >= 15 is 0 Å². The summed E-state index contributed by atoms with van der Waals surface area (Å²) >= 11 is 0. The van der Waals surface area contributed by atoms with Crippen LogP contribution in [0.1, 0.15) is 31.1 Å². The zero-order chi connectivity index (χ0) is 17.7. The Balaban J connectivity index is 1.93. The van der Waals surface area contributed by atoms with E-state index in [0.717, 1.165) is 0 Å². The normalized spacial score (nSPS) is 15.2. The Kier molecular flexibility index (Phi) is 5.63. The summed E-state index contributed by atoms with van der Waals surface area (Å²) in [6.45, 7) is 7.22. The number of carbonyl (C=O) groups excluding carboxylic acids is 2. The van der Waals surface area contributed by atoms with E-state index < -0.39 is 5.60 Å². The van der Waals surface area contributed by atoms with E-state index in [9.17, 15) is 9.59 Å². The minimum Gasteiger partial charge on any atom is -0.444 e. The van der Waals surface area contributed by atoms with Crippen molar-refractivity contribution in [3.63, 3.8) is 0 Å². The standard InChI is InChI=1S/C16H23N3O5/c1-16(2,3)22-15(21)19-9-7-18(8-10-19)14(20)12-5-4-6-13(11-12)23-24-17/h4-6,11H,7-10,17H2,1-3H3. The molecule has 0 saturated carbocycles. The highest BCUT2D eigenvalue weighted by Gasteiger charge is 2.28. The number of hydrogen-bond acceptors (Lipinski definition) is 6. The molecule has 2 N–H and O–H groups in total. The first-order chi connectivity index (χ1) is 11.3. The molecule has 1 aliphatic heterocycles. The Morgan fingerprint density at radius 3 is 2.29 bits per heavy atom. The van der Waals surface area contributed by atoms with E-state index in [2.05, 4.69) is 4.99 Å². The molecule has 2 amide bonds. The third kappa shape index (κ3) is 4.84. The van der Waals surface area contributed by atoms with Gasteiger partial charge in [-0.3, -0.25) is 4.79 Å². The molecule has 1 aromatic carbocycles. The number of hydrogen-bond donors (Lipinski definition) is 1. The highest BCUT2D eigenvalue weighted by molar-refractivity contribution is 5.94. The van der Waals surface area contributed by atoms with Crippen LogP contribution in [0.15, 0.2) is 24.3 Å². The first-order valence-corrected chi connectivity index (χ1v) is 7.71. The molecule has 0 aliphatic carbocycles. The van der Waals surface area contributed by atoms with Gasteiger partial charge in [-0.1, -0.05) is 11.1 Å². The maximum atomic E-state index is 12.5. The first kappa shape index (κ1) is 18.0. The Labute approximate surface area is 140 Å². The molecular formula is C16H23N3O5. The van der Waals surface area contributed by atoms with Crippen LogP contribution in [0.25, 0.3) is 0 Å². The van der Waals surface area contributed by atoms with Gasteiger partial charge in [-0.2, -0.15) is 5.90 Å². The molecule has 1 fully saturated rings. The fourth-order valence-electron chi connectivity index (χ4n) is 2.34. The SMILES string of the molecule is CC(C)(C)OC(=O)N1CCN(C(=O)c2cccc(OON)c2)CC1. The largest absolute Gasteiger partial charge is 0.444 e. The van der Waals surface area contributed by atoms with Crippen molar-refractivity contribution in [2.24, 2.45) is 5.90 Å². The Morgan fingerprint density at radius 2 is 1.71 bits per heavy atom. The summed E-state index contributed by atoms with van der Waals surface area (Å²) in [6.07, 6.45) is -0.356. The van der Waals surface area contributed by atoms with Gasteiger partial charge < -0.3 is 19.4 Å². The topological polar surface area (TPSA) is 94.3 Å². The summed E-state index contributed by atoms with van der Waals surface area (Å²) in [5.41, 5.74) is -0.0644. The molecule has 8 nitrogen and oxygen atoms in total. The molecule has 1 saturated heterocycles. The summed E-state index contributed by atoms with van der Waals surface area (Å²) < 4.78 is 5.34. The smallest absolute Gasteiger partial charge is 0.410 e. The molecule has 8 heteroatoms. The summed E-state index contributed by atoms with van der Waals surface area (Å²) in [4.78, 5) is 36.7. The molecule has 0 aromatic heterocycles. The lowest BCUT2D eigenvalue weighted by Gasteiger charge is -2.35. The average molecular weight is 337 g/mol. The van der Waals surface area contributed by atoms with Gasteiger partial charge in [0.15, 0.2) is 5.75 Å². The lowest BCUT2D eigenvalue weighted by Crippen LogP contribution is -2.51. The molecule has 0 radical (unpaired) electrons. The molecule has 24 heavy (non-hydrogen) atoms. The van der Waals surface area contributed by atoms with Crippen LogP contribution < -0.4 is 10.8 Å². The van der Waals surface area contributed by atoms with Gasteiger partial charge in [0.2, 0.25) is 0 Å². The van der Waals surface area contributed by atoms with Crippen LogP contribution in [0.4, 0.5) is 4.79 Å². The predicted octanol–water partition coefficient (Wildman–Crippen LogP) is 1.56. The van der Waals surface area contributed by atoms with Crippen molar-refractivity contribution in [3.8, 4) is 5.75 Å². The Hall–Kier alpha value is -2.32. The van der Waals surface area contributed by atoms with E-state index in [0.29, 0.717) is 37.5 Å². The van der Waals surface area contributed by atoms with Crippen LogP contribution in [0.5, 0.6) is 5.75 Å². The van der Waals surface area contributed by atoms with Gasteiger partial charge in [0.05, 0.1) is 0 Å². The van der Waals surface area contributed by atoms with Crippen LogP contribution in [0.3, 0.4) is 0 Å². The van der Waals surface area contributed by atoms with Crippen LogP contribution in [-0.4, -0.2) is 53.6 Å². The zero-order valence-electron chi connectivity index (χ0n) is 14.2. The Bertz CT molecular complexity index is 592. The fraction of sp³-hybridized carbons (Fsp3) is 0.500. The van der Waals surface area contributed by atoms with Crippen molar-refractivity contribution in [3.05, 3.63) is 29.8 Å². The summed E-state index contributed by atoms with van der Waals surface area (Å²) in [5.74, 6) is 5.06. The zero-order valence-corrected chi connectivity index (χ0v) is 14.2. The molecule has 0 unspecified atom stereocenters. The van der Waals surface area contributed by atoms with Crippen molar-refractivity contribution in [2.45, 2.75) is 26.4 Å². The van der Waals surface area contributed by atoms with Crippen molar-refractivity contribution in [2.75, 3.05) is 26.2 Å². The highest BCUT2D eigenvalue weighted by atomic mass is 17.3. The van der Waals surface area contributed by atoms with Gasteiger partial charge in [0.25, 0.3) is 5.91 Å². The molecule has 1 aromatic rings. The number of nitrogens with zero attached hydrogens (tertiary/aromatic N) is 2. The number of amides is 2. The van der Waals surface area contributed by atoms with Crippen LogP contribution in [0.2, 0.25) is 0 Å². The van der Waals surface area contributed by atoms with E-state index in [-0.39, 0.29) is 12.0 Å². The van der Waals surface area contributed by atoms with Crippen molar-refractivity contribution >= 4 is 12.0 Å². The van der Waals surface area contributed by atoms with Gasteiger partial charge in [0.1, 0.15) is 5.60 Å². The van der Waals surface area contributed by atoms with Gasteiger partial charge in [-0.25, -0.2) is 4.79 Å². The van der Waals surface area contributed by atoms with Gasteiger partial charge in [0, 0.05) is 31.7 Å². The van der Waals surface area contributed by atoms with Crippen LogP contribution >= 0.6 is 0 Å². The fourth-order valence-corrected chi connectivity index (χ4v) is 2.34. The van der Waals surface area contributed by atoms with Crippen molar-refractivity contribution < 1.29 is 24.2 Å². The van der Waals surface area contributed by atoms with Gasteiger partial charge >= 0.3 is 6.09 Å². The lowest BCUT2D eigenvalue weighted by atomic mass is 10.1. The number of piperazine rings is 1. The first-order valence-electron chi connectivity index (χ1n) is 7.71. The van der Waals surface area contributed by atoms with E-state index in [1.807, 2.05) is 20.8 Å². The molecule has 1 aliphatic rings. The minimum atomic E-state index is -0.532. The average Bonchev–Trinajstić information content (AvgIpc) is 2.53. The maximum absolute atomic E-state index is 12.5. The third-order valence-electron chi connectivity index (χ3n) is 3.44. The molecular weight excluding hydrogens is 314 g/mol. The Morgan fingerprint density at radius 1 is 1.08 bits per heavy atom. The summed E-state index contributed by atoms with van der Waals surface area (Å²) in [5, 5.41) is 0. The third-order valence-corrected chi connectivity index (χ3v) is 3.44. The highest BCUT2D eigenvalue weighted by Crippen LogP contribution is 2.17. The number of carbonyl (C=O) groups is 2. The second-order valence-electron chi connectivity index (χ2n) is 6.47. The summed E-state index contributed by atoms with van der Waals surface area (Å²) in [7, 11) is 0. The minimum absolute atomic E-state index is 0.138. The molecule has 0 bridgehead atoms. The number of benzene rings is 1. The van der Waals surface area contributed by atoms with Crippen LogP contribution in [-0.2, 0) is 9.73 Å². The lowest BCUT2D eigenvalue weighted by molar-refractivity contribution is -0.211. The van der Waals surface area contributed by atoms with Crippen LogP contribution in [0, 0.1) is 0 Å². The van der Waals surface area contributed by atoms with E-state index in [4.69, 9.17) is 15.5 Å². The molecule has 1 heterocycles. The second kappa shape index (κ2) is 7.50. The molecule has 0 spiro atoms. The maximum Gasteiger partial charge on any atom is 0.410 e. The monoisotopic (exact) mass is 337 g/mol. The van der Waals surface area contributed by atoms with Gasteiger partial charge in [-0.15, -0.1) is 0 Å². The number of ether oxygens (including phenoxy) is 1. The van der Waals surface area contributed by atoms with Gasteiger partial charge in [-0.05, 0) is 39.0 Å². The van der Waals surface area contributed by atoms with Crippen molar-refractivity contribution in [1.82, 2.24) is 9.80 Å². The molecule has 2 rings (SSSR count). The van der Waals surface area contributed by atoms with E-state index in [1.165, 1.54) is 0 Å². The van der Waals surface area contributed by atoms with E-state index in [1.54, 1.807) is 34.1 Å². The molecule has 132 valence electrons. The summed E-state index contributed by atoms with van der Waals surface area (Å²) in [6, 6.07) is 6.55. The quantitative estimate of drug-likeness (QED) is 0.664. The predicted molar refractivity (Wildman–Crippen MR) is 86.1 cm³/mol. The van der Waals surface area contributed by atoms with Crippen molar-refractivity contribution in [1.29, 1.82) is 0 Å². The number of rotatable bonds is 3. The second-order valence-corrected chi connectivity index (χ2v) is 6.47.